The van der Waals surface area contributed by atoms with Crippen molar-refractivity contribution in [3.05, 3.63) is 54.1 Å². The first-order valence-electron chi connectivity index (χ1n) is 10.5. The fourth-order valence-electron chi connectivity index (χ4n) is 4.68. The highest BCUT2D eigenvalue weighted by Crippen LogP contribution is 2.41. The summed E-state index contributed by atoms with van der Waals surface area (Å²) < 4.78 is 51.9. The number of anilines is 1. The van der Waals surface area contributed by atoms with Gasteiger partial charge >= 0.3 is 0 Å². The lowest BCUT2D eigenvalue weighted by molar-refractivity contribution is -0.0324. The molecule has 5 atom stereocenters. The molecule has 2 aromatic heterocycles. The van der Waals surface area contributed by atoms with Gasteiger partial charge in [0.05, 0.1) is 30.3 Å². The zero-order valence-electron chi connectivity index (χ0n) is 17.3. The summed E-state index contributed by atoms with van der Waals surface area (Å²) in [6, 6.07) is 5.27. The minimum atomic E-state index is -1.01. The number of nitrogens with one attached hydrogen (secondary N) is 2. The third kappa shape index (κ3) is 3.07. The molecule has 33 heavy (non-hydrogen) atoms. The number of ether oxygens (including phenoxy) is 4. The van der Waals surface area contributed by atoms with Crippen LogP contribution in [0.4, 0.5) is 14.6 Å². The van der Waals surface area contributed by atoms with Crippen LogP contribution in [0.25, 0.3) is 11.2 Å². The minimum absolute atomic E-state index is 0.0840. The largest absolute Gasteiger partial charge is 0.491 e. The molecule has 3 aliphatic heterocycles. The first-order valence-corrected chi connectivity index (χ1v) is 10.5. The minimum Gasteiger partial charge on any atom is -0.491 e. The number of rotatable bonds is 5. The van der Waals surface area contributed by atoms with E-state index in [1.54, 1.807) is 18.2 Å². The number of H-pyrrole nitrogens is 1. The highest BCUT2D eigenvalue weighted by Gasteiger charge is 2.59. The third-order valence-corrected chi connectivity index (χ3v) is 6.28. The fourth-order valence-corrected chi connectivity index (χ4v) is 4.68. The zero-order valence-corrected chi connectivity index (χ0v) is 17.3. The first kappa shape index (κ1) is 20.3. The van der Waals surface area contributed by atoms with E-state index >= 15 is 0 Å². The topological polar surface area (TPSA) is 111 Å². The maximum absolute atomic E-state index is 14.8. The van der Waals surface area contributed by atoms with Crippen molar-refractivity contribution in [3.63, 3.8) is 0 Å². The Balaban J connectivity index is 1.26. The van der Waals surface area contributed by atoms with Crippen molar-refractivity contribution in [2.45, 2.75) is 30.0 Å². The molecule has 0 bridgehead atoms. The van der Waals surface area contributed by atoms with Gasteiger partial charge in [-0.3, -0.25) is 0 Å². The number of aromatic nitrogens is 3. The second-order valence-electron chi connectivity index (χ2n) is 8.19. The molecule has 0 spiro atoms. The number of hydrogen-bond acceptors (Lipinski definition) is 8. The molecule has 0 unspecified atom stereocenters. The number of benzene rings is 1. The predicted molar refractivity (Wildman–Crippen MR) is 111 cm³/mol. The lowest BCUT2D eigenvalue weighted by Crippen LogP contribution is -2.47. The average molecular weight is 458 g/mol. The maximum Gasteiger partial charge on any atom is 0.296 e. The van der Waals surface area contributed by atoms with Gasteiger partial charge in [0, 0.05) is 6.07 Å². The first-order chi connectivity index (χ1) is 16.0. The molecule has 0 radical (unpaired) electrons. The predicted octanol–water partition coefficient (Wildman–Crippen LogP) is 2.24. The number of fused-ring (bicyclic) bond motifs is 3. The average Bonchev–Trinajstić information content (AvgIpc) is 3.54. The van der Waals surface area contributed by atoms with Gasteiger partial charge in [0.1, 0.15) is 30.4 Å². The zero-order chi connectivity index (χ0) is 22.7. The molecule has 0 amide bonds. The van der Waals surface area contributed by atoms with Crippen LogP contribution in [0, 0.1) is 11.6 Å². The lowest BCUT2D eigenvalue weighted by Gasteiger charge is -2.28. The Bertz CT molecular complexity index is 1250. The molecule has 3 N–H and O–H groups in total. The van der Waals surface area contributed by atoms with Crippen molar-refractivity contribution in [2.75, 3.05) is 25.1 Å². The third-order valence-electron chi connectivity index (χ3n) is 6.28. The summed E-state index contributed by atoms with van der Waals surface area (Å²) in [4.78, 5) is 11.4. The van der Waals surface area contributed by atoms with Gasteiger partial charge in [-0.15, -0.1) is 0 Å². The van der Waals surface area contributed by atoms with E-state index in [-0.39, 0.29) is 37.3 Å². The van der Waals surface area contributed by atoms with Crippen molar-refractivity contribution in [1.29, 1.82) is 0 Å². The number of hydrogen-bond donors (Lipinski definition) is 3. The van der Waals surface area contributed by atoms with Crippen molar-refractivity contribution in [2.24, 2.45) is 0 Å². The summed E-state index contributed by atoms with van der Waals surface area (Å²) in [5, 5.41) is 13.0. The Labute approximate surface area is 186 Å². The molecule has 5 heterocycles. The molecule has 1 aromatic carbocycles. The highest BCUT2D eigenvalue weighted by molar-refractivity contribution is 5.74. The Kier molecular flexibility index (Phi) is 4.54. The van der Waals surface area contributed by atoms with Gasteiger partial charge in [0.25, 0.3) is 6.01 Å². The van der Waals surface area contributed by atoms with Crippen LogP contribution in [0.15, 0.2) is 36.9 Å². The summed E-state index contributed by atoms with van der Waals surface area (Å²) in [6.45, 7) is 4.21. The molecule has 2 saturated heterocycles. The molecule has 6 rings (SSSR count). The van der Waals surface area contributed by atoms with Gasteiger partial charge in [-0.2, -0.15) is 4.98 Å². The molecule has 9 nitrogen and oxygen atoms in total. The van der Waals surface area contributed by atoms with Gasteiger partial charge in [-0.1, -0.05) is 18.7 Å². The molecule has 3 aromatic rings. The highest BCUT2D eigenvalue weighted by atomic mass is 19.1. The van der Waals surface area contributed by atoms with Crippen LogP contribution in [0.1, 0.15) is 11.6 Å². The van der Waals surface area contributed by atoms with Crippen LogP contribution in [0.5, 0.6) is 11.8 Å². The van der Waals surface area contributed by atoms with Crippen molar-refractivity contribution >= 4 is 17.0 Å². The van der Waals surface area contributed by atoms with E-state index in [1.165, 1.54) is 12.1 Å². The number of nitrogens with zero attached hydrogens (tertiary/aromatic N) is 2. The van der Waals surface area contributed by atoms with Crippen LogP contribution in [0.2, 0.25) is 0 Å². The van der Waals surface area contributed by atoms with Gasteiger partial charge in [0.2, 0.25) is 0 Å². The Hall–Kier alpha value is -3.28. The normalized spacial score (nSPS) is 30.2. The molecule has 0 aliphatic carbocycles. The van der Waals surface area contributed by atoms with Gasteiger partial charge in [-0.05, 0) is 12.1 Å². The fraction of sp³-hybridized carbons (Fsp3) is 0.364. The van der Waals surface area contributed by atoms with Crippen molar-refractivity contribution in [1.82, 2.24) is 15.0 Å². The number of halogens is 2. The van der Waals surface area contributed by atoms with E-state index in [2.05, 4.69) is 26.8 Å². The summed E-state index contributed by atoms with van der Waals surface area (Å²) in [6.07, 6.45) is -0.427. The van der Waals surface area contributed by atoms with E-state index in [9.17, 15) is 13.9 Å². The Morgan fingerprint density at radius 2 is 2.12 bits per heavy atom. The van der Waals surface area contributed by atoms with E-state index in [0.29, 0.717) is 16.8 Å². The number of aliphatic hydroxyl groups is 1. The van der Waals surface area contributed by atoms with Crippen LogP contribution in [-0.4, -0.2) is 63.8 Å². The van der Waals surface area contributed by atoms with Crippen LogP contribution >= 0.6 is 0 Å². The monoisotopic (exact) mass is 458 g/mol. The van der Waals surface area contributed by atoms with E-state index in [4.69, 9.17) is 18.9 Å². The second-order valence-corrected chi connectivity index (χ2v) is 8.19. The van der Waals surface area contributed by atoms with Gasteiger partial charge in [0.15, 0.2) is 29.0 Å². The van der Waals surface area contributed by atoms with Crippen LogP contribution in [0.3, 0.4) is 0 Å². The summed E-state index contributed by atoms with van der Waals surface area (Å²) >= 11 is 0. The van der Waals surface area contributed by atoms with Crippen LogP contribution < -0.4 is 14.8 Å². The molecule has 3 aliphatic rings. The quantitative estimate of drug-likeness (QED) is 0.500. The number of aliphatic hydroxyl groups excluding tert-OH is 1. The van der Waals surface area contributed by atoms with Crippen LogP contribution in [-0.2, 0) is 9.47 Å². The van der Waals surface area contributed by atoms with E-state index < -0.39 is 41.6 Å². The molecular weight excluding hydrogens is 438 g/mol. The van der Waals surface area contributed by atoms with E-state index in [0.717, 1.165) is 0 Å². The molecule has 172 valence electrons. The standard InChI is InChI=1S/C22H20F2N4O5/c1-2-22-16(9-31-18(22)14(29)8-32-22)33-21-26-12-6-11(24)19(27-20(12)28-21)25-13-7-30-15-5-3-4-10(23)17(13)15/h2-6,13-14,16,18,29H,1,7-9H2,(H2,25,26,27,28)/t13-,14+,16+,18+,22+/m0/s1. The Morgan fingerprint density at radius 3 is 2.97 bits per heavy atom. The molecule has 11 heteroatoms. The van der Waals surface area contributed by atoms with Gasteiger partial charge < -0.3 is 34.4 Å². The second kappa shape index (κ2) is 7.37. The molecular formula is C22H20F2N4O5. The van der Waals surface area contributed by atoms with Crippen molar-refractivity contribution < 1.29 is 32.8 Å². The molecule has 2 fully saturated rings. The summed E-state index contributed by atoms with van der Waals surface area (Å²) in [5.41, 5.74) is -0.159. The molecule has 0 saturated carbocycles. The maximum atomic E-state index is 14.8. The Morgan fingerprint density at radius 1 is 1.24 bits per heavy atom. The SMILES string of the molecule is C=C[C@]12OC[C@@H](O)[C@H]1OC[C@H]2Oc1nc2nc(N[C@H]3COc4cccc(F)c43)c(F)cc2[nH]1. The smallest absolute Gasteiger partial charge is 0.296 e. The van der Waals surface area contributed by atoms with Gasteiger partial charge in [-0.25, -0.2) is 13.8 Å². The number of aromatic amines is 1. The van der Waals surface area contributed by atoms with E-state index in [1.807, 2.05) is 0 Å². The summed E-state index contributed by atoms with van der Waals surface area (Å²) in [7, 11) is 0. The summed E-state index contributed by atoms with van der Waals surface area (Å²) in [5.74, 6) is -0.750. The number of imidazole rings is 1. The number of pyridine rings is 1. The van der Waals surface area contributed by atoms with Crippen molar-refractivity contribution in [3.8, 4) is 11.8 Å². The lowest BCUT2D eigenvalue weighted by atomic mass is 9.92.